The quantitative estimate of drug-likeness (QED) is 0.485. The summed E-state index contributed by atoms with van der Waals surface area (Å²) in [5.74, 6) is 1.09. The normalized spacial score (nSPS) is 37.6. The number of carbonyl (C=O) groups excluding carboxylic acids is 1. The number of non-ortho nitro benzene ring substituents is 1. The zero-order chi connectivity index (χ0) is 16.2. The number of nitro benzene ring substituents is 1. The number of carbonyl (C=O) groups is 1. The highest BCUT2D eigenvalue weighted by Gasteiger charge is 2.61. The van der Waals surface area contributed by atoms with Gasteiger partial charge >= 0.3 is 5.97 Å². The number of rotatable bonds is 3. The van der Waals surface area contributed by atoms with E-state index < -0.39 is 0 Å². The predicted molar refractivity (Wildman–Crippen MR) is 83.9 cm³/mol. The Morgan fingerprint density at radius 1 is 1.17 bits per heavy atom. The Morgan fingerprint density at radius 2 is 1.78 bits per heavy atom. The second kappa shape index (κ2) is 4.79. The molecule has 4 aliphatic carbocycles. The third-order valence-electron chi connectivity index (χ3n) is 6.37. The number of nitro groups is 1. The van der Waals surface area contributed by atoms with Crippen LogP contribution < -0.4 is 0 Å². The molecule has 4 aliphatic rings. The van der Waals surface area contributed by atoms with Crippen molar-refractivity contribution in [1.29, 1.82) is 0 Å². The van der Waals surface area contributed by atoms with Crippen LogP contribution in [-0.2, 0) is 14.9 Å². The Kier molecular flexibility index (Phi) is 3.06. The fourth-order valence-electron chi connectivity index (χ4n) is 5.99. The van der Waals surface area contributed by atoms with E-state index in [1.54, 1.807) is 12.1 Å². The van der Waals surface area contributed by atoms with Crippen molar-refractivity contribution >= 4 is 11.7 Å². The van der Waals surface area contributed by atoms with Crippen molar-refractivity contribution in [2.75, 3.05) is 7.11 Å². The van der Waals surface area contributed by atoms with Crippen LogP contribution in [0.3, 0.4) is 0 Å². The molecule has 4 saturated carbocycles. The molecule has 2 atom stereocenters. The fraction of sp³-hybridized carbons (Fsp3) is 0.611. The summed E-state index contributed by atoms with van der Waals surface area (Å²) in [5, 5.41) is 10.9. The molecule has 0 amide bonds. The number of nitrogens with zero attached hydrogens (tertiary/aromatic N) is 1. The van der Waals surface area contributed by atoms with Crippen molar-refractivity contribution in [3.05, 3.63) is 39.9 Å². The van der Waals surface area contributed by atoms with Crippen molar-refractivity contribution in [1.82, 2.24) is 0 Å². The highest BCUT2D eigenvalue weighted by Crippen LogP contribution is 2.66. The van der Waals surface area contributed by atoms with Gasteiger partial charge in [-0.1, -0.05) is 12.1 Å². The van der Waals surface area contributed by atoms with Gasteiger partial charge in [0.1, 0.15) is 0 Å². The van der Waals surface area contributed by atoms with Crippen molar-refractivity contribution in [2.45, 2.75) is 43.9 Å². The lowest BCUT2D eigenvalue weighted by molar-refractivity contribution is -0.384. The largest absolute Gasteiger partial charge is 0.469 e. The van der Waals surface area contributed by atoms with E-state index in [1.165, 1.54) is 13.5 Å². The zero-order valence-corrected chi connectivity index (χ0v) is 13.3. The van der Waals surface area contributed by atoms with Gasteiger partial charge in [-0.2, -0.15) is 0 Å². The van der Waals surface area contributed by atoms with E-state index >= 15 is 0 Å². The first-order chi connectivity index (χ1) is 11.0. The predicted octanol–water partition coefficient (Wildman–Crippen LogP) is 3.61. The molecule has 1 aromatic rings. The molecule has 5 rings (SSSR count). The van der Waals surface area contributed by atoms with Crippen LogP contribution in [0.1, 0.15) is 44.1 Å². The monoisotopic (exact) mass is 315 g/mol. The smallest absolute Gasteiger partial charge is 0.311 e. The van der Waals surface area contributed by atoms with E-state index in [0.29, 0.717) is 11.8 Å². The summed E-state index contributed by atoms with van der Waals surface area (Å²) in [6.45, 7) is 0. The molecule has 1 aromatic carbocycles. The van der Waals surface area contributed by atoms with E-state index in [2.05, 4.69) is 0 Å². The Labute approximate surface area is 135 Å². The number of benzene rings is 1. The molecule has 4 bridgehead atoms. The summed E-state index contributed by atoms with van der Waals surface area (Å²) >= 11 is 0. The van der Waals surface area contributed by atoms with Gasteiger partial charge in [0, 0.05) is 12.1 Å². The summed E-state index contributed by atoms with van der Waals surface area (Å²) in [6, 6.07) is 6.99. The maximum Gasteiger partial charge on any atom is 0.311 e. The second-order valence-corrected chi connectivity index (χ2v) is 7.82. The minimum atomic E-state index is -0.362. The van der Waals surface area contributed by atoms with Crippen LogP contribution in [0.5, 0.6) is 0 Å². The summed E-state index contributed by atoms with van der Waals surface area (Å²) in [5.41, 5.74) is 0.945. The molecule has 23 heavy (non-hydrogen) atoms. The number of methoxy groups -OCH3 is 1. The van der Waals surface area contributed by atoms with Crippen LogP contribution in [0.15, 0.2) is 24.3 Å². The number of hydrogen-bond donors (Lipinski definition) is 0. The van der Waals surface area contributed by atoms with Gasteiger partial charge < -0.3 is 4.74 Å². The third kappa shape index (κ3) is 2.09. The third-order valence-corrected chi connectivity index (χ3v) is 6.37. The van der Waals surface area contributed by atoms with Crippen LogP contribution in [-0.4, -0.2) is 18.0 Å². The van der Waals surface area contributed by atoms with Crippen LogP contribution in [0.4, 0.5) is 5.69 Å². The number of ether oxygens (including phenoxy) is 1. The van der Waals surface area contributed by atoms with Crippen molar-refractivity contribution in [3.63, 3.8) is 0 Å². The first kappa shape index (κ1) is 14.7. The second-order valence-electron chi connectivity index (χ2n) is 7.82. The Bertz CT molecular complexity index is 652. The zero-order valence-electron chi connectivity index (χ0n) is 13.3. The van der Waals surface area contributed by atoms with Crippen LogP contribution in [0.25, 0.3) is 0 Å². The van der Waals surface area contributed by atoms with Gasteiger partial charge in [-0.15, -0.1) is 0 Å². The lowest BCUT2D eigenvalue weighted by Crippen LogP contribution is -2.57. The van der Waals surface area contributed by atoms with Crippen molar-refractivity contribution < 1.29 is 14.5 Å². The Morgan fingerprint density at radius 3 is 2.30 bits per heavy atom. The van der Waals surface area contributed by atoms with E-state index in [9.17, 15) is 14.9 Å². The van der Waals surface area contributed by atoms with Crippen LogP contribution in [0, 0.1) is 27.4 Å². The van der Waals surface area contributed by atoms with Crippen molar-refractivity contribution in [2.24, 2.45) is 17.3 Å². The summed E-state index contributed by atoms with van der Waals surface area (Å²) in [4.78, 5) is 23.0. The van der Waals surface area contributed by atoms with E-state index in [-0.39, 0.29) is 27.4 Å². The van der Waals surface area contributed by atoms with Gasteiger partial charge in [-0.05, 0) is 61.3 Å². The standard InChI is InChI=1S/C18H21NO4/c1-23-16(20)18-9-12-6-13(10-18)8-17(7-12,11-18)14-2-4-15(5-3-14)19(21)22/h2-5,12-13H,6-11H2,1H3/t12-,13-,17?,18?/m1/s1. The molecule has 4 fully saturated rings. The lowest BCUT2D eigenvalue weighted by atomic mass is 9.43. The van der Waals surface area contributed by atoms with Crippen molar-refractivity contribution in [3.8, 4) is 0 Å². The molecule has 5 nitrogen and oxygen atoms in total. The highest BCUT2D eigenvalue weighted by atomic mass is 16.6. The number of esters is 1. The van der Waals surface area contributed by atoms with E-state index in [4.69, 9.17) is 4.74 Å². The minimum Gasteiger partial charge on any atom is -0.469 e. The average molecular weight is 315 g/mol. The highest BCUT2D eigenvalue weighted by molar-refractivity contribution is 5.78. The maximum absolute atomic E-state index is 12.5. The van der Waals surface area contributed by atoms with Gasteiger partial charge in [0.05, 0.1) is 17.4 Å². The first-order valence-electron chi connectivity index (χ1n) is 8.30. The van der Waals surface area contributed by atoms with Crippen LogP contribution >= 0.6 is 0 Å². The molecule has 0 radical (unpaired) electrons. The molecule has 122 valence electrons. The summed E-state index contributed by atoms with van der Waals surface area (Å²) < 4.78 is 5.14. The summed E-state index contributed by atoms with van der Waals surface area (Å²) in [6.07, 6.45) is 6.14. The molecule has 0 unspecified atom stereocenters. The summed E-state index contributed by atoms with van der Waals surface area (Å²) in [7, 11) is 1.49. The molecule has 0 N–H and O–H groups in total. The minimum absolute atomic E-state index is 0.00655. The van der Waals surface area contributed by atoms with Gasteiger partial charge in [-0.3, -0.25) is 14.9 Å². The number of hydrogen-bond acceptors (Lipinski definition) is 4. The van der Waals surface area contributed by atoms with Gasteiger partial charge in [-0.25, -0.2) is 0 Å². The van der Waals surface area contributed by atoms with E-state index in [0.717, 1.165) is 37.7 Å². The SMILES string of the molecule is COC(=O)C12C[C@@H]3C[C@@H](C1)CC(c1ccc([N+](=O)[O-])cc1)(C3)C2. The topological polar surface area (TPSA) is 69.4 Å². The molecule has 5 heteroatoms. The van der Waals surface area contributed by atoms with Crippen LogP contribution in [0.2, 0.25) is 0 Å². The Balaban J connectivity index is 1.73. The Hall–Kier alpha value is -1.91. The molecule has 0 heterocycles. The van der Waals surface area contributed by atoms with Gasteiger partial charge in [0.2, 0.25) is 0 Å². The van der Waals surface area contributed by atoms with Gasteiger partial charge in [0.15, 0.2) is 0 Å². The van der Waals surface area contributed by atoms with Gasteiger partial charge in [0.25, 0.3) is 5.69 Å². The first-order valence-corrected chi connectivity index (χ1v) is 8.30. The molecule has 0 aromatic heterocycles. The molecule has 0 saturated heterocycles. The molecular weight excluding hydrogens is 294 g/mol. The fourth-order valence-corrected chi connectivity index (χ4v) is 5.99. The maximum atomic E-state index is 12.5. The molecular formula is C18H21NO4. The molecule has 0 aliphatic heterocycles. The molecule has 0 spiro atoms. The van der Waals surface area contributed by atoms with E-state index in [1.807, 2.05) is 12.1 Å². The lowest BCUT2D eigenvalue weighted by Gasteiger charge is -2.61. The average Bonchev–Trinajstić information content (AvgIpc) is 2.53.